The number of nitrogens with one attached hydrogen (secondary N) is 1. The van der Waals surface area contributed by atoms with E-state index < -0.39 is 0 Å². The third-order valence-electron chi connectivity index (χ3n) is 3.25. The van der Waals surface area contributed by atoms with Gasteiger partial charge in [-0.1, -0.05) is 42.0 Å². The summed E-state index contributed by atoms with van der Waals surface area (Å²) in [6.07, 6.45) is 2.61. The zero-order valence-corrected chi connectivity index (χ0v) is 10.8. The molecule has 1 saturated carbocycles. The van der Waals surface area contributed by atoms with Crippen molar-refractivity contribution >= 4 is 12.2 Å². The van der Waals surface area contributed by atoms with Gasteiger partial charge in [0.2, 0.25) is 0 Å². The van der Waals surface area contributed by atoms with Crippen molar-refractivity contribution in [3.8, 4) is 0 Å². The van der Waals surface area contributed by atoms with E-state index in [2.05, 4.69) is 47.0 Å². The molecule has 0 radical (unpaired) electrons. The molecule has 1 aromatic carbocycles. The van der Waals surface area contributed by atoms with Crippen LogP contribution in [0.4, 0.5) is 0 Å². The summed E-state index contributed by atoms with van der Waals surface area (Å²) in [7, 11) is 0. The largest absolute Gasteiger partial charge is 0.301 e. The van der Waals surface area contributed by atoms with Crippen LogP contribution in [-0.2, 0) is 6.54 Å². The lowest BCUT2D eigenvalue weighted by molar-refractivity contribution is 0.664. The Hall–Kier alpha value is -1.35. The quantitative estimate of drug-likeness (QED) is 0.815. The van der Waals surface area contributed by atoms with E-state index >= 15 is 0 Å². The van der Waals surface area contributed by atoms with Crippen LogP contribution >= 0.6 is 12.2 Å². The zero-order valence-electron chi connectivity index (χ0n) is 9.94. The Labute approximate surface area is 106 Å². The second kappa shape index (κ2) is 4.15. The zero-order chi connectivity index (χ0) is 11.8. The molecule has 1 aliphatic carbocycles. The van der Waals surface area contributed by atoms with E-state index in [0.29, 0.717) is 0 Å². The average molecular weight is 244 g/mol. The molecule has 2 aromatic rings. The van der Waals surface area contributed by atoms with Crippen LogP contribution < -0.4 is 0 Å². The lowest BCUT2D eigenvalue weighted by atomic mass is 10.1. The lowest BCUT2D eigenvalue weighted by Crippen LogP contribution is -2.02. The highest BCUT2D eigenvalue weighted by Gasteiger charge is 2.25. The third-order valence-corrected chi connectivity index (χ3v) is 3.59. The fraction of sp³-hybridized carbons (Fsp3) is 0.357. The lowest BCUT2D eigenvalue weighted by Gasteiger charge is -2.04. The number of rotatable bonds is 3. The second-order valence-corrected chi connectivity index (χ2v) is 5.32. The van der Waals surface area contributed by atoms with Gasteiger partial charge in [0.25, 0.3) is 0 Å². The standard InChI is InChI=1S/C14H16N2S/c1-10-3-2-4-11(7-10)9-16-14(17)8-13(15-16)12-5-6-12/h2-4,7-8,12,15H,5-6,9H2,1H3. The SMILES string of the molecule is Cc1cccc(Cn2[nH]c(C3CC3)cc2=S)c1. The van der Waals surface area contributed by atoms with Gasteiger partial charge in [-0.05, 0) is 31.4 Å². The predicted octanol–water partition coefficient (Wildman–Crippen LogP) is 3.78. The molecule has 0 saturated heterocycles. The molecule has 3 rings (SSSR count). The molecule has 2 nitrogen and oxygen atoms in total. The van der Waals surface area contributed by atoms with Gasteiger partial charge in [0.05, 0.1) is 6.54 Å². The highest BCUT2D eigenvalue weighted by Crippen LogP contribution is 2.39. The summed E-state index contributed by atoms with van der Waals surface area (Å²) in [4.78, 5) is 0. The summed E-state index contributed by atoms with van der Waals surface area (Å²) in [6, 6.07) is 10.7. The molecule has 1 heterocycles. The summed E-state index contributed by atoms with van der Waals surface area (Å²) in [5, 5.41) is 3.42. The Balaban J connectivity index is 1.87. The van der Waals surface area contributed by atoms with Crippen molar-refractivity contribution in [1.29, 1.82) is 0 Å². The van der Waals surface area contributed by atoms with Crippen LogP contribution in [0.1, 0.15) is 35.6 Å². The van der Waals surface area contributed by atoms with Gasteiger partial charge in [0, 0.05) is 11.6 Å². The smallest absolute Gasteiger partial charge is 0.122 e. The minimum absolute atomic E-state index is 0.732. The predicted molar refractivity (Wildman–Crippen MR) is 71.9 cm³/mol. The number of H-pyrrole nitrogens is 1. The van der Waals surface area contributed by atoms with Crippen molar-refractivity contribution in [1.82, 2.24) is 9.78 Å². The van der Waals surface area contributed by atoms with Gasteiger partial charge in [0.1, 0.15) is 4.64 Å². The fourth-order valence-corrected chi connectivity index (χ4v) is 2.41. The molecular formula is C14H16N2S. The topological polar surface area (TPSA) is 20.7 Å². The molecule has 1 N–H and O–H groups in total. The summed E-state index contributed by atoms with van der Waals surface area (Å²) in [6.45, 7) is 2.96. The van der Waals surface area contributed by atoms with E-state index in [9.17, 15) is 0 Å². The monoisotopic (exact) mass is 244 g/mol. The first-order chi connectivity index (χ1) is 8.22. The van der Waals surface area contributed by atoms with Crippen LogP contribution in [0.25, 0.3) is 0 Å². The van der Waals surface area contributed by atoms with E-state index in [-0.39, 0.29) is 0 Å². The van der Waals surface area contributed by atoms with Gasteiger partial charge < -0.3 is 5.10 Å². The van der Waals surface area contributed by atoms with E-state index in [0.717, 1.165) is 17.1 Å². The first-order valence-electron chi connectivity index (χ1n) is 6.08. The van der Waals surface area contributed by atoms with E-state index in [1.165, 1.54) is 29.7 Å². The molecule has 0 atom stereocenters. The highest BCUT2D eigenvalue weighted by molar-refractivity contribution is 7.71. The number of aryl methyl sites for hydroxylation is 1. The van der Waals surface area contributed by atoms with Gasteiger partial charge in [-0.15, -0.1) is 0 Å². The summed E-state index contributed by atoms with van der Waals surface area (Å²) < 4.78 is 2.98. The number of aromatic nitrogens is 2. The maximum absolute atomic E-state index is 5.38. The van der Waals surface area contributed by atoms with Crippen molar-refractivity contribution in [2.24, 2.45) is 0 Å². The van der Waals surface area contributed by atoms with E-state index in [1.54, 1.807) is 0 Å². The van der Waals surface area contributed by atoms with Crippen LogP contribution in [0.15, 0.2) is 30.3 Å². The molecule has 1 aliphatic rings. The Morgan fingerprint density at radius 1 is 1.35 bits per heavy atom. The first kappa shape index (κ1) is 10.8. The van der Waals surface area contributed by atoms with Crippen LogP contribution in [0, 0.1) is 11.6 Å². The maximum atomic E-state index is 5.38. The maximum Gasteiger partial charge on any atom is 0.122 e. The second-order valence-electron chi connectivity index (χ2n) is 4.90. The minimum atomic E-state index is 0.732. The number of nitrogens with zero attached hydrogens (tertiary/aromatic N) is 1. The van der Waals surface area contributed by atoms with Crippen molar-refractivity contribution in [3.63, 3.8) is 0 Å². The molecule has 0 bridgehead atoms. The van der Waals surface area contributed by atoms with E-state index in [4.69, 9.17) is 12.2 Å². The van der Waals surface area contributed by atoms with Crippen molar-refractivity contribution in [2.75, 3.05) is 0 Å². The number of aromatic amines is 1. The number of benzene rings is 1. The Morgan fingerprint density at radius 3 is 2.88 bits per heavy atom. The molecular weight excluding hydrogens is 228 g/mol. The Bertz CT molecular complexity index is 590. The number of hydrogen-bond donors (Lipinski definition) is 1. The van der Waals surface area contributed by atoms with Gasteiger partial charge in [-0.25, -0.2) is 0 Å². The molecule has 17 heavy (non-hydrogen) atoms. The van der Waals surface area contributed by atoms with Crippen molar-refractivity contribution in [2.45, 2.75) is 32.2 Å². The van der Waals surface area contributed by atoms with Crippen LogP contribution in [0.5, 0.6) is 0 Å². The van der Waals surface area contributed by atoms with Crippen LogP contribution in [0.3, 0.4) is 0 Å². The molecule has 0 amide bonds. The van der Waals surface area contributed by atoms with Gasteiger partial charge in [0.15, 0.2) is 0 Å². The molecule has 0 spiro atoms. The third kappa shape index (κ3) is 2.34. The summed E-state index contributed by atoms with van der Waals surface area (Å²) in [5.41, 5.74) is 3.90. The van der Waals surface area contributed by atoms with Crippen LogP contribution in [-0.4, -0.2) is 9.78 Å². The summed E-state index contributed by atoms with van der Waals surface area (Å²) in [5.74, 6) is 0.732. The summed E-state index contributed by atoms with van der Waals surface area (Å²) >= 11 is 5.38. The van der Waals surface area contributed by atoms with E-state index in [1.807, 2.05) is 0 Å². The first-order valence-corrected chi connectivity index (χ1v) is 6.48. The number of hydrogen-bond acceptors (Lipinski definition) is 1. The molecule has 1 aromatic heterocycles. The molecule has 0 unspecified atom stereocenters. The van der Waals surface area contributed by atoms with Gasteiger partial charge in [-0.2, -0.15) is 0 Å². The van der Waals surface area contributed by atoms with Crippen molar-refractivity contribution < 1.29 is 0 Å². The normalized spacial score (nSPS) is 15.1. The molecule has 3 heteroatoms. The fourth-order valence-electron chi connectivity index (χ4n) is 2.17. The van der Waals surface area contributed by atoms with Gasteiger partial charge in [-0.3, -0.25) is 4.68 Å². The minimum Gasteiger partial charge on any atom is -0.301 e. The Morgan fingerprint density at radius 2 is 2.18 bits per heavy atom. The highest BCUT2D eigenvalue weighted by atomic mass is 32.1. The van der Waals surface area contributed by atoms with Gasteiger partial charge >= 0.3 is 0 Å². The molecule has 1 fully saturated rings. The average Bonchev–Trinajstić information content (AvgIpc) is 3.06. The Kier molecular flexibility index (Phi) is 2.63. The molecule has 0 aliphatic heterocycles. The van der Waals surface area contributed by atoms with Crippen molar-refractivity contribution in [3.05, 3.63) is 51.8 Å². The molecule has 88 valence electrons. The van der Waals surface area contributed by atoms with Crippen LogP contribution in [0.2, 0.25) is 0 Å².